The van der Waals surface area contributed by atoms with Gasteiger partial charge in [-0.1, -0.05) is 42.5 Å². The first kappa shape index (κ1) is 58.4. The predicted octanol–water partition coefficient (Wildman–Crippen LogP) is 5.53. The molecule has 2 atom stereocenters. The Morgan fingerprint density at radius 2 is 1.16 bits per heavy atom. The van der Waals surface area contributed by atoms with Gasteiger partial charge < -0.3 is 53.2 Å². The van der Waals surface area contributed by atoms with E-state index >= 15 is 0 Å². The zero-order chi connectivity index (χ0) is 45.6. The molecule has 8 rings (SSSR count). The first-order chi connectivity index (χ1) is 29.9. The zero-order valence-corrected chi connectivity index (χ0v) is 41.3. The third kappa shape index (κ3) is 13.5. The van der Waals surface area contributed by atoms with Crippen LogP contribution in [-0.4, -0.2) is 119 Å². The number of carbonyl (C=O) groups excluding carboxylic acids is 3. The summed E-state index contributed by atoms with van der Waals surface area (Å²) in [7, 11) is -7.97. The average molecular weight is 1140 g/mol. The number of aromatic carboxylic acids is 1. The molecule has 0 radical (unpaired) electrons. The van der Waals surface area contributed by atoms with Gasteiger partial charge in [-0.15, -0.1) is 0 Å². The van der Waals surface area contributed by atoms with Crippen LogP contribution in [0.25, 0.3) is 0 Å². The van der Waals surface area contributed by atoms with E-state index in [0.717, 1.165) is 51.4 Å². The monoisotopic (exact) mass is 1140 g/mol. The minimum Gasteiger partial charge on any atom is -0.478 e. The van der Waals surface area contributed by atoms with Crippen molar-refractivity contribution in [3.8, 4) is 0 Å². The Kier molecular flexibility index (Phi) is 21.8. The van der Waals surface area contributed by atoms with E-state index in [0.29, 0.717) is 39.3 Å². The Morgan fingerprint density at radius 1 is 0.731 bits per heavy atom. The van der Waals surface area contributed by atoms with E-state index in [1.807, 2.05) is 27.7 Å². The molecule has 3 amide bonds. The van der Waals surface area contributed by atoms with Crippen LogP contribution in [-0.2, 0) is 60.1 Å². The molecule has 6 N–H and O–H groups in total. The van der Waals surface area contributed by atoms with E-state index in [2.05, 4.69) is 16.0 Å². The summed E-state index contributed by atoms with van der Waals surface area (Å²) in [5.74, 6) is -2.57. The number of nitrogens with two attached hydrogens (primary N) is 1. The first-order valence-electron chi connectivity index (χ1n) is 20.4. The summed E-state index contributed by atoms with van der Waals surface area (Å²) in [6.07, 6.45) is 4.62. The number of rotatable bonds is 9. The van der Waals surface area contributed by atoms with Crippen LogP contribution < -0.4 is 21.7 Å². The van der Waals surface area contributed by atoms with Crippen molar-refractivity contribution in [2.45, 2.75) is 89.2 Å². The second-order valence-electron chi connectivity index (χ2n) is 15.6. The summed E-state index contributed by atoms with van der Waals surface area (Å²) in [6.45, 7) is 12.5. The van der Waals surface area contributed by atoms with Gasteiger partial charge in [-0.3, -0.25) is 14.4 Å². The number of benzene rings is 2. The van der Waals surface area contributed by atoms with E-state index < -0.39 is 37.8 Å². The van der Waals surface area contributed by atoms with Gasteiger partial charge in [-0.05, 0) is 90.9 Å². The molecule has 370 valence electrons. The van der Waals surface area contributed by atoms with Crippen LogP contribution in [0.5, 0.6) is 0 Å². The topological polar surface area (TPSA) is 266 Å². The molecule has 2 aromatic carbocycles. The van der Waals surface area contributed by atoms with Gasteiger partial charge in [-0.2, -0.15) is 0 Å². The number of fused-ring (bicyclic) bond motifs is 4. The van der Waals surface area contributed by atoms with Crippen LogP contribution in [0.2, 0.25) is 0 Å². The number of amides is 3. The average Bonchev–Trinajstić information content (AvgIpc) is 3.90. The number of nitrogens with zero attached hydrogens (tertiary/aromatic N) is 2. The maximum absolute atomic E-state index is 13.2. The van der Waals surface area contributed by atoms with Crippen molar-refractivity contribution in [1.82, 2.24) is 13.3 Å². The minimum absolute atomic E-state index is 0. The van der Waals surface area contributed by atoms with E-state index in [9.17, 15) is 36.0 Å². The molecule has 4 aliphatic heterocycles. The Bertz CT molecular complexity index is 2580. The van der Waals surface area contributed by atoms with E-state index in [4.69, 9.17) is 29.8 Å². The third-order valence-corrected chi connectivity index (χ3v) is 13.9. The summed E-state index contributed by atoms with van der Waals surface area (Å²) < 4.78 is 75.2. The number of aromatic nitrogens is 2. The Hall–Kier alpha value is -4.73. The molecule has 22 heteroatoms. The van der Waals surface area contributed by atoms with Crippen LogP contribution in [0.1, 0.15) is 120 Å². The van der Waals surface area contributed by atoms with Crippen LogP contribution in [0.4, 0.5) is 11.4 Å². The summed E-state index contributed by atoms with van der Waals surface area (Å²) in [6, 6.07) is 10.8. The number of hydrogen-bond acceptors (Lipinski definition) is 13. The van der Waals surface area contributed by atoms with Gasteiger partial charge in [0.15, 0.2) is 0 Å². The summed E-state index contributed by atoms with van der Waals surface area (Å²) in [4.78, 5) is 48.4. The van der Waals surface area contributed by atoms with Crippen molar-refractivity contribution >= 4 is 55.1 Å². The fourth-order valence-electron chi connectivity index (χ4n) is 6.89. The Labute approximate surface area is 407 Å². The zero-order valence-electron chi connectivity index (χ0n) is 36.7. The molecule has 19 nitrogen and oxygen atoms in total. The van der Waals surface area contributed by atoms with Gasteiger partial charge in [0.25, 0.3) is 37.8 Å². The fraction of sp³-hybridized carbons (Fsp3) is 0.444. The maximum atomic E-state index is 13.2. The first-order valence-corrected chi connectivity index (χ1v) is 23.3. The van der Waals surface area contributed by atoms with Gasteiger partial charge in [-0.25, -0.2) is 29.6 Å². The normalized spacial score (nSPS) is 18.3. The molecule has 4 aromatic rings. The fourth-order valence-corrected chi connectivity index (χ4v) is 9.88. The van der Waals surface area contributed by atoms with Gasteiger partial charge in [0.1, 0.15) is 21.2 Å². The number of nitrogens with one attached hydrogen (secondary N) is 3. The summed E-state index contributed by atoms with van der Waals surface area (Å²) in [5.41, 5.74) is 7.04. The van der Waals surface area contributed by atoms with Crippen LogP contribution in [0.3, 0.4) is 0 Å². The number of ether oxygens (including phenoxy) is 4. The number of carbonyl (C=O) groups is 4. The molecular formula is C45H63N6O13S2W-. The number of anilines is 2. The molecule has 0 aliphatic carbocycles. The molecule has 4 aliphatic rings. The maximum Gasteiger partial charge on any atom is 0.335 e. The SMILES string of the molecule is C.C.CC(C)c1cc2n(c1)S(=O)(=O)c1ccc(C(=O)NCCC3COCCO3)cc1NC2=O.CC(C)c1cc2n(c1)S(=O)(=O)c1ccc(C(=O)O)cc1NC2=O.NCCC1COCCO1.[CH3-].[W]. The summed E-state index contributed by atoms with van der Waals surface area (Å²) >= 11 is 0. The van der Waals surface area contributed by atoms with Crippen molar-refractivity contribution in [1.29, 1.82) is 0 Å². The molecule has 0 saturated carbocycles. The molecule has 0 bridgehead atoms. The number of hydrogen-bond donors (Lipinski definition) is 5. The predicted molar refractivity (Wildman–Crippen MR) is 250 cm³/mol. The molecule has 2 aromatic heterocycles. The van der Waals surface area contributed by atoms with Crippen LogP contribution in [0.15, 0.2) is 70.7 Å². The van der Waals surface area contributed by atoms with Crippen molar-refractivity contribution < 1.29 is 81.1 Å². The minimum atomic E-state index is -3.99. The van der Waals surface area contributed by atoms with E-state index in [-0.39, 0.29) is 117 Å². The smallest absolute Gasteiger partial charge is 0.335 e. The molecule has 67 heavy (non-hydrogen) atoms. The third-order valence-electron chi connectivity index (χ3n) is 10.5. The van der Waals surface area contributed by atoms with Crippen LogP contribution in [0, 0.1) is 7.43 Å². The van der Waals surface area contributed by atoms with Gasteiger partial charge >= 0.3 is 5.97 Å². The van der Waals surface area contributed by atoms with Crippen molar-refractivity contribution in [2.24, 2.45) is 5.73 Å². The molecule has 2 fully saturated rings. The van der Waals surface area contributed by atoms with Gasteiger partial charge in [0.2, 0.25) is 0 Å². The van der Waals surface area contributed by atoms with Crippen LogP contribution >= 0.6 is 0 Å². The quantitative estimate of drug-likeness (QED) is 0.129. The van der Waals surface area contributed by atoms with Gasteiger partial charge in [0, 0.05) is 45.6 Å². The number of carboxylic acids is 1. The second kappa shape index (κ2) is 25.0. The van der Waals surface area contributed by atoms with E-state index in [1.165, 1.54) is 48.8 Å². The number of carboxylic acid groups (broad SMARTS) is 1. The molecule has 2 saturated heterocycles. The van der Waals surface area contributed by atoms with Gasteiger partial charge in [0.05, 0.1) is 68.8 Å². The van der Waals surface area contributed by atoms with Crippen molar-refractivity contribution in [3.63, 3.8) is 0 Å². The molecule has 6 heterocycles. The second-order valence-corrected chi connectivity index (χ2v) is 19.2. The Morgan fingerprint density at radius 3 is 1.57 bits per heavy atom. The molecular weight excluding hydrogens is 1080 g/mol. The summed E-state index contributed by atoms with van der Waals surface area (Å²) in [5, 5.41) is 16.9. The molecule has 0 spiro atoms. The molecule has 2 unspecified atom stereocenters. The van der Waals surface area contributed by atoms with Crippen molar-refractivity contribution in [3.05, 3.63) is 102 Å². The van der Waals surface area contributed by atoms with Crippen molar-refractivity contribution in [2.75, 3.05) is 63.4 Å². The van der Waals surface area contributed by atoms with E-state index in [1.54, 1.807) is 6.07 Å². The Balaban J connectivity index is 0.000000378. The largest absolute Gasteiger partial charge is 0.478 e. The standard InChI is InChI=1S/C21H25N3O6S.C15H14N2O5S.C6H13NO2.2CH4.CH3.W/c1-13(2)15-10-18-21(26)23-17-9-14(3-4-19(17)31(27,28)24(18)11-15)20(25)22-6-5-16-12-29-7-8-30-16;1-8(2)10-6-12-14(18)16-11-5-9(15(19)20)3-4-13(11)23(21,22)17(12)7-10;7-2-1-6-5-8-3-4-9-6;;;;/h3-4,9-11,13,16H,5-8,12H2,1-2H3,(H,22,25)(H,23,26);3-8H,1-2H3,(H,16,18)(H,19,20);6H,1-5,7H2;2*1H4;1H3;/q;;;;;-1;.